The van der Waals surface area contributed by atoms with Crippen LogP contribution in [-0.4, -0.2) is 22.5 Å². The molecule has 0 aliphatic heterocycles. The fraction of sp³-hybridized carbons (Fsp3) is 0.467. The number of halogens is 1. The molecule has 2 N–H and O–H groups in total. The first-order chi connectivity index (χ1) is 9.61. The van der Waals surface area contributed by atoms with Gasteiger partial charge in [0.2, 0.25) is 0 Å². The van der Waals surface area contributed by atoms with Gasteiger partial charge in [-0.3, -0.25) is 4.79 Å². The minimum Gasteiger partial charge on any atom is -0.481 e. The summed E-state index contributed by atoms with van der Waals surface area (Å²) in [5, 5.41) is 20.1. The maximum absolute atomic E-state index is 10.3. The van der Waals surface area contributed by atoms with Gasteiger partial charge in [-0.2, -0.15) is 0 Å². The molecule has 2 rings (SSSR count). The summed E-state index contributed by atoms with van der Waals surface area (Å²) in [6.45, 7) is 0. The molecule has 0 aromatic heterocycles. The fourth-order valence-corrected chi connectivity index (χ4v) is 2.49. The van der Waals surface area contributed by atoms with Crippen molar-refractivity contribution in [3.8, 4) is 0 Å². The van der Waals surface area contributed by atoms with Gasteiger partial charge in [-0.25, -0.2) is 0 Å². The van der Waals surface area contributed by atoms with E-state index in [1.165, 1.54) is 25.5 Å². The Morgan fingerprint density at radius 3 is 2.60 bits per heavy atom. The van der Waals surface area contributed by atoms with Crippen molar-refractivity contribution >= 4 is 23.8 Å². The van der Waals surface area contributed by atoms with E-state index in [0.29, 0.717) is 17.4 Å². The van der Waals surface area contributed by atoms with E-state index in [9.17, 15) is 4.79 Å². The van der Waals surface area contributed by atoms with Crippen LogP contribution in [0.2, 0.25) is 5.02 Å². The van der Waals surface area contributed by atoms with Crippen molar-refractivity contribution in [2.45, 2.75) is 38.5 Å². The molecule has 1 saturated carbocycles. The highest BCUT2D eigenvalue weighted by atomic mass is 35.5. The Bertz CT molecular complexity index is 442. The molecule has 0 unspecified atom stereocenters. The molecule has 0 radical (unpaired) electrons. The first kappa shape index (κ1) is 16.5. The van der Waals surface area contributed by atoms with Crippen LogP contribution in [0.15, 0.2) is 29.4 Å². The van der Waals surface area contributed by atoms with Crippen LogP contribution in [0.25, 0.3) is 0 Å². The minimum absolute atomic E-state index is 0.389. The second-order valence-electron chi connectivity index (χ2n) is 4.90. The number of hydrogen-bond acceptors (Lipinski definition) is 3. The topological polar surface area (TPSA) is 69.9 Å². The Hall–Kier alpha value is -1.55. The molecule has 5 heteroatoms. The summed E-state index contributed by atoms with van der Waals surface area (Å²) >= 11 is 5.64. The third-order valence-electron chi connectivity index (χ3n) is 3.24. The number of hydrogen-bond donors (Lipinski definition) is 2. The molecule has 4 nitrogen and oxygen atoms in total. The van der Waals surface area contributed by atoms with Crippen molar-refractivity contribution in [3.63, 3.8) is 0 Å². The van der Waals surface area contributed by atoms with Crippen molar-refractivity contribution in [2.24, 2.45) is 11.1 Å². The van der Waals surface area contributed by atoms with E-state index in [1.807, 2.05) is 0 Å². The average Bonchev–Trinajstić information content (AvgIpc) is 2.40. The number of carboxylic acid groups (broad SMARTS) is 1. The molecule has 0 bridgehead atoms. The van der Waals surface area contributed by atoms with Gasteiger partial charge in [0.15, 0.2) is 0 Å². The zero-order valence-electron chi connectivity index (χ0n) is 11.3. The van der Waals surface area contributed by atoms with Crippen LogP contribution in [0.1, 0.15) is 44.1 Å². The highest BCUT2D eigenvalue weighted by molar-refractivity contribution is 6.30. The van der Waals surface area contributed by atoms with E-state index in [1.54, 1.807) is 24.3 Å². The largest absolute Gasteiger partial charge is 0.481 e. The number of carboxylic acids is 1. The first-order valence-electron chi connectivity index (χ1n) is 6.76. The van der Waals surface area contributed by atoms with Gasteiger partial charge in [-0.05, 0) is 36.5 Å². The van der Waals surface area contributed by atoms with Gasteiger partial charge < -0.3 is 10.3 Å². The third kappa shape index (κ3) is 7.14. The number of carbonyl (C=O) groups is 1. The Labute approximate surface area is 124 Å². The van der Waals surface area contributed by atoms with E-state index in [2.05, 4.69) is 5.16 Å². The third-order valence-corrected chi connectivity index (χ3v) is 3.48. The lowest BCUT2D eigenvalue weighted by Crippen LogP contribution is -2.10. The van der Waals surface area contributed by atoms with Crippen LogP contribution in [0.5, 0.6) is 0 Å². The Balaban J connectivity index is 0.000000200. The normalized spacial score (nSPS) is 15.7. The first-order valence-corrected chi connectivity index (χ1v) is 7.14. The highest BCUT2D eigenvalue weighted by Gasteiger charge is 2.15. The van der Waals surface area contributed by atoms with E-state index in [4.69, 9.17) is 21.9 Å². The SMILES string of the molecule is O=C(O)CC1CCCCC1.ON=Cc1cccc(Cl)c1. The van der Waals surface area contributed by atoms with Crippen LogP contribution >= 0.6 is 11.6 Å². The summed E-state index contributed by atoms with van der Waals surface area (Å²) in [6.07, 6.45) is 7.75. The average molecular weight is 298 g/mol. The molecule has 20 heavy (non-hydrogen) atoms. The lowest BCUT2D eigenvalue weighted by atomic mass is 9.87. The van der Waals surface area contributed by atoms with E-state index < -0.39 is 5.97 Å². The van der Waals surface area contributed by atoms with Crippen molar-refractivity contribution < 1.29 is 15.1 Å². The number of nitrogens with zero attached hydrogens (tertiary/aromatic N) is 1. The summed E-state index contributed by atoms with van der Waals surface area (Å²) in [5.74, 6) is -0.154. The summed E-state index contributed by atoms with van der Waals surface area (Å²) in [6, 6.07) is 7.06. The fourth-order valence-electron chi connectivity index (χ4n) is 2.29. The number of aliphatic carboxylic acids is 1. The standard InChI is InChI=1S/C8H14O2.C7H6ClNO/c9-8(10)6-7-4-2-1-3-5-7;8-7-3-1-2-6(4-7)5-9-10/h7H,1-6H2,(H,9,10);1-5,10H. The molecule has 0 heterocycles. The maximum Gasteiger partial charge on any atom is 0.303 e. The van der Waals surface area contributed by atoms with Gasteiger partial charge in [-0.1, -0.05) is 48.2 Å². The van der Waals surface area contributed by atoms with E-state index in [0.717, 1.165) is 18.4 Å². The van der Waals surface area contributed by atoms with Crippen LogP contribution < -0.4 is 0 Å². The Kier molecular flexibility index (Phi) is 7.73. The monoisotopic (exact) mass is 297 g/mol. The van der Waals surface area contributed by atoms with Crippen LogP contribution in [0.3, 0.4) is 0 Å². The predicted molar refractivity (Wildman–Crippen MR) is 79.7 cm³/mol. The van der Waals surface area contributed by atoms with Crippen molar-refractivity contribution in [1.82, 2.24) is 0 Å². The molecule has 1 aromatic carbocycles. The molecule has 1 aliphatic carbocycles. The summed E-state index contributed by atoms with van der Waals surface area (Å²) < 4.78 is 0. The van der Waals surface area contributed by atoms with Crippen molar-refractivity contribution in [1.29, 1.82) is 0 Å². The Morgan fingerprint density at radius 2 is 2.05 bits per heavy atom. The molecular formula is C15H20ClNO3. The summed E-state index contributed by atoms with van der Waals surface area (Å²) in [4.78, 5) is 10.3. The second-order valence-corrected chi connectivity index (χ2v) is 5.34. The lowest BCUT2D eigenvalue weighted by molar-refractivity contribution is -0.138. The maximum atomic E-state index is 10.3. The predicted octanol–water partition coefficient (Wildman–Crippen LogP) is 4.19. The smallest absolute Gasteiger partial charge is 0.303 e. The number of rotatable bonds is 3. The van der Waals surface area contributed by atoms with Gasteiger partial charge in [0.05, 0.1) is 6.21 Å². The molecule has 1 fully saturated rings. The van der Waals surface area contributed by atoms with Gasteiger partial charge in [-0.15, -0.1) is 0 Å². The molecule has 110 valence electrons. The lowest BCUT2D eigenvalue weighted by Gasteiger charge is -2.18. The highest BCUT2D eigenvalue weighted by Crippen LogP contribution is 2.25. The summed E-state index contributed by atoms with van der Waals surface area (Å²) in [7, 11) is 0. The summed E-state index contributed by atoms with van der Waals surface area (Å²) in [5.41, 5.74) is 0.787. The van der Waals surface area contributed by atoms with E-state index in [-0.39, 0.29) is 0 Å². The molecule has 1 aromatic rings. The number of oxime groups is 1. The minimum atomic E-state index is -0.632. The molecule has 0 spiro atoms. The van der Waals surface area contributed by atoms with Crippen LogP contribution in [-0.2, 0) is 4.79 Å². The second kappa shape index (κ2) is 9.37. The zero-order chi connectivity index (χ0) is 14.8. The Morgan fingerprint density at radius 1 is 1.35 bits per heavy atom. The van der Waals surface area contributed by atoms with Gasteiger partial charge in [0, 0.05) is 11.4 Å². The van der Waals surface area contributed by atoms with Crippen molar-refractivity contribution in [2.75, 3.05) is 0 Å². The molecular weight excluding hydrogens is 278 g/mol. The molecule has 0 amide bonds. The van der Waals surface area contributed by atoms with Crippen LogP contribution in [0, 0.1) is 5.92 Å². The van der Waals surface area contributed by atoms with Gasteiger partial charge in [0.25, 0.3) is 0 Å². The van der Waals surface area contributed by atoms with Gasteiger partial charge in [0.1, 0.15) is 0 Å². The van der Waals surface area contributed by atoms with Crippen LogP contribution in [0.4, 0.5) is 0 Å². The zero-order valence-corrected chi connectivity index (χ0v) is 12.1. The molecule has 0 saturated heterocycles. The number of benzene rings is 1. The molecule has 0 atom stereocenters. The van der Waals surface area contributed by atoms with Gasteiger partial charge >= 0.3 is 5.97 Å². The quantitative estimate of drug-likeness (QED) is 0.499. The van der Waals surface area contributed by atoms with E-state index >= 15 is 0 Å². The molecule has 1 aliphatic rings. The van der Waals surface area contributed by atoms with Crippen molar-refractivity contribution in [3.05, 3.63) is 34.9 Å².